The fourth-order valence-electron chi connectivity index (χ4n) is 3.08. The van der Waals surface area contributed by atoms with Gasteiger partial charge in [0, 0.05) is 12.0 Å². The Morgan fingerprint density at radius 1 is 1.38 bits per heavy atom. The SMILES string of the molecule is Cc1ccccc1-c1noc(CC(C)C2CCCNC2)n1. The molecule has 0 aliphatic carbocycles. The van der Waals surface area contributed by atoms with Gasteiger partial charge in [0.05, 0.1) is 0 Å². The van der Waals surface area contributed by atoms with E-state index in [0.717, 1.165) is 31.0 Å². The zero-order chi connectivity index (χ0) is 14.7. The summed E-state index contributed by atoms with van der Waals surface area (Å²) >= 11 is 0. The summed E-state index contributed by atoms with van der Waals surface area (Å²) in [5.74, 6) is 2.75. The van der Waals surface area contributed by atoms with Crippen molar-refractivity contribution in [3.63, 3.8) is 0 Å². The van der Waals surface area contributed by atoms with E-state index in [1.54, 1.807) is 0 Å². The molecule has 1 fully saturated rings. The highest BCUT2D eigenvalue weighted by Gasteiger charge is 2.22. The Balaban J connectivity index is 1.69. The van der Waals surface area contributed by atoms with Crippen LogP contribution in [0.3, 0.4) is 0 Å². The van der Waals surface area contributed by atoms with E-state index < -0.39 is 0 Å². The molecule has 0 amide bonds. The summed E-state index contributed by atoms with van der Waals surface area (Å²) in [5.41, 5.74) is 2.23. The lowest BCUT2D eigenvalue weighted by molar-refractivity contribution is 0.257. The predicted octanol–water partition coefficient (Wildman–Crippen LogP) is 3.22. The molecule has 1 aromatic heterocycles. The van der Waals surface area contributed by atoms with E-state index in [2.05, 4.69) is 35.4 Å². The van der Waals surface area contributed by atoms with Gasteiger partial charge in [-0.25, -0.2) is 0 Å². The molecule has 112 valence electrons. The molecule has 0 saturated carbocycles. The molecule has 1 aromatic carbocycles. The van der Waals surface area contributed by atoms with Gasteiger partial charge in [-0.1, -0.05) is 36.3 Å². The summed E-state index contributed by atoms with van der Waals surface area (Å²) in [6.07, 6.45) is 3.44. The van der Waals surface area contributed by atoms with E-state index in [4.69, 9.17) is 4.52 Å². The van der Waals surface area contributed by atoms with E-state index in [1.807, 2.05) is 18.2 Å². The van der Waals surface area contributed by atoms with E-state index in [0.29, 0.717) is 17.7 Å². The fourth-order valence-corrected chi connectivity index (χ4v) is 3.08. The van der Waals surface area contributed by atoms with Gasteiger partial charge in [-0.05, 0) is 50.3 Å². The Labute approximate surface area is 126 Å². The van der Waals surface area contributed by atoms with Gasteiger partial charge in [0.1, 0.15) is 0 Å². The molecule has 1 N–H and O–H groups in total. The number of nitrogens with one attached hydrogen (secondary N) is 1. The van der Waals surface area contributed by atoms with E-state index in [9.17, 15) is 0 Å². The van der Waals surface area contributed by atoms with E-state index in [-0.39, 0.29) is 0 Å². The maximum absolute atomic E-state index is 5.45. The second-order valence-corrected chi connectivity index (χ2v) is 6.11. The lowest BCUT2D eigenvalue weighted by Crippen LogP contribution is -2.33. The number of piperidine rings is 1. The summed E-state index contributed by atoms with van der Waals surface area (Å²) in [6.45, 7) is 6.62. The molecule has 4 heteroatoms. The van der Waals surface area contributed by atoms with Crippen LogP contribution in [0, 0.1) is 18.8 Å². The molecule has 2 atom stereocenters. The Morgan fingerprint density at radius 3 is 3.00 bits per heavy atom. The molecule has 2 aromatic rings. The zero-order valence-corrected chi connectivity index (χ0v) is 12.8. The highest BCUT2D eigenvalue weighted by Crippen LogP contribution is 2.25. The van der Waals surface area contributed by atoms with Crippen LogP contribution in [-0.4, -0.2) is 23.2 Å². The maximum Gasteiger partial charge on any atom is 0.227 e. The van der Waals surface area contributed by atoms with Crippen molar-refractivity contribution in [2.75, 3.05) is 13.1 Å². The minimum absolute atomic E-state index is 0.572. The van der Waals surface area contributed by atoms with Gasteiger partial charge in [-0.2, -0.15) is 4.98 Å². The number of aromatic nitrogens is 2. The first-order chi connectivity index (χ1) is 10.2. The first-order valence-corrected chi connectivity index (χ1v) is 7.83. The first kappa shape index (κ1) is 14.3. The van der Waals surface area contributed by atoms with Crippen molar-refractivity contribution in [2.45, 2.75) is 33.1 Å². The molecule has 2 heterocycles. The minimum atomic E-state index is 0.572. The van der Waals surface area contributed by atoms with Crippen LogP contribution in [0.4, 0.5) is 0 Å². The van der Waals surface area contributed by atoms with Crippen molar-refractivity contribution in [2.24, 2.45) is 11.8 Å². The highest BCUT2D eigenvalue weighted by molar-refractivity contribution is 5.58. The van der Waals surface area contributed by atoms with Gasteiger partial charge in [-0.15, -0.1) is 0 Å². The van der Waals surface area contributed by atoms with Gasteiger partial charge in [0.15, 0.2) is 0 Å². The van der Waals surface area contributed by atoms with Crippen LogP contribution < -0.4 is 5.32 Å². The predicted molar refractivity (Wildman–Crippen MR) is 82.9 cm³/mol. The minimum Gasteiger partial charge on any atom is -0.339 e. The smallest absolute Gasteiger partial charge is 0.227 e. The number of aryl methyl sites for hydroxylation is 1. The molecule has 2 unspecified atom stereocenters. The van der Waals surface area contributed by atoms with Gasteiger partial charge in [0.25, 0.3) is 0 Å². The normalized spacial score (nSPS) is 20.4. The Kier molecular flexibility index (Phi) is 4.34. The zero-order valence-electron chi connectivity index (χ0n) is 12.8. The van der Waals surface area contributed by atoms with Crippen LogP contribution >= 0.6 is 0 Å². The third-order valence-corrected chi connectivity index (χ3v) is 4.49. The Hall–Kier alpha value is -1.68. The average molecular weight is 285 g/mol. The fraction of sp³-hybridized carbons (Fsp3) is 0.529. The molecule has 1 aliphatic rings. The maximum atomic E-state index is 5.45. The van der Waals surface area contributed by atoms with Crippen LogP contribution in [0.15, 0.2) is 28.8 Å². The summed E-state index contributed by atoms with van der Waals surface area (Å²) in [6, 6.07) is 8.15. The van der Waals surface area contributed by atoms with Crippen molar-refractivity contribution in [3.05, 3.63) is 35.7 Å². The second kappa shape index (κ2) is 6.39. The number of hydrogen-bond donors (Lipinski definition) is 1. The molecule has 0 radical (unpaired) electrons. The average Bonchev–Trinajstić information content (AvgIpc) is 2.97. The summed E-state index contributed by atoms with van der Waals surface area (Å²) in [4.78, 5) is 4.58. The Bertz CT molecular complexity index is 587. The van der Waals surface area contributed by atoms with Crippen molar-refractivity contribution < 1.29 is 4.52 Å². The van der Waals surface area contributed by atoms with Crippen molar-refractivity contribution >= 4 is 0 Å². The molecule has 1 saturated heterocycles. The van der Waals surface area contributed by atoms with Crippen molar-refractivity contribution in [1.29, 1.82) is 0 Å². The largest absolute Gasteiger partial charge is 0.339 e. The molecule has 0 spiro atoms. The van der Waals surface area contributed by atoms with Crippen molar-refractivity contribution in [3.8, 4) is 11.4 Å². The molecule has 1 aliphatic heterocycles. The number of nitrogens with zero attached hydrogens (tertiary/aromatic N) is 2. The van der Waals surface area contributed by atoms with Crippen LogP contribution in [0.5, 0.6) is 0 Å². The summed E-state index contributed by atoms with van der Waals surface area (Å²) in [7, 11) is 0. The Morgan fingerprint density at radius 2 is 2.24 bits per heavy atom. The number of rotatable bonds is 4. The standard InChI is InChI=1S/C17H23N3O/c1-12-6-3-4-8-15(12)17-19-16(21-20-17)10-13(2)14-7-5-9-18-11-14/h3-4,6,8,13-14,18H,5,7,9-11H2,1-2H3. The molecule has 21 heavy (non-hydrogen) atoms. The van der Waals surface area contributed by atoms with Crippen LogP contribution in [-0.2, 0) is 6.42 Å². The lowest BCUT2D eigenvalue weighted by atomic mass is 9.85. The topological polar surface area (TPSA) is 51.0 Å². The molecular formula is C17H23N3O. The molecule has 0 bridgehead atoms. The van der Waals surface area contributed by atoms with Gasteiger partial charge in [0.2, 0.25) is 11.7 Å². The third-order valence-electron chi connectivity index (χ3n) is 4.49. The lowest BCUT2D eigenvalue weighted by Gasteiger charge is -2.27. The summed E-state index contributed by atoms with van der Waals surface area (Å²) < 4.78 is 5.45. The van der Waals surface area contributed by atoms with E-state index in [1.165, 1.54) is 18.4 Å². The number of hydrogen-bond acceptors (Lipinski definition) is 4. The van der Waals surface area contributed by atoms with Crippen LogP contribution in [0.1, 0.15) is 31.2 Å². The summed E-state index contributed by atoms with van der Waals surface area (Å²) in [5, 5.41) is 7.62. The number of benzene rings is 1. The van der Waals surface area contributed by atoms with Gasteiger partial charge < -0.3 is 9.84 Å². The van der Waals surface area contributed by atoms with Crippen molar-refractivity contribution in [1.82, 2.24) is 15.5 Å². The van der Waals surface area contributed by atoms with E-state index >= 15 is 0 Å². The van der Waals surface area contributed by atoms with Crippen LogP contribution in [0.2, 0.25) is 0 Å². The van der Waals surface area contributed by atoms with Gasteiger partial charge in [-0.3, -0.25) is 0 Å². The van der Waals surface area contributed by atoms with Gasteiger partial charge >= 0.3 is 0 Å². The second-order valence-electron chi connectivity index (χ2n) is 6.11. The highest BCUT2D eigenvalue weighted by atomic mass is 16.5. The van der Waals surface area contributed by atoms with Crippen LogP contribution in [0.25, 0.3) is 11.4 Å². The molecule has 4 nitrogen and oxygen atoms in total. The molecular weight excluding hydrogens is 262 g/mol. The molecule has 3 rings (SSSR count). The third kappa shape index (κ3) is 3.32. The monoisotopic (exact) mass is 285 g/mol. The first-order valence-electron chi connectivity index (χ1n) is 7.83. The quantitative estimate of drug-likeness (QED) is 0.937.